The number of nitrogen functional groups attached to an aromatic ring is 1. The molecule has 1 aromatic carbocycles. The Hall–Kier alpha value is -2.14. The van der Waals surface area contributed by atoms with Gasteiger partial charge in [0, 0.05) is 33.5 Å². The lowest BCUT2D eigenvalue weighted by Gasteiger charge is -2.10. The molecule has 0 saturated heterocycles. The van der Waals surface area contributed by atoms with Crippen molar-refractivity contribution in [3.8, 4) is 0 Å². The Morgan fingerprint density at radius 1 is 1.32 bits per heavy atom. The van der Waals surface area contributed by atoms with Gasteiger partial charge in [0.1, 0.15) is 0 Å². The molecule has 0 aliphatic carbocycles. The van der Waals surface area contributed by atoms with Gasteiger partial charge in [-0.25, -0.2) is 0 Å². The van der Waals surface area contributed by atoms with E-state index in [2.05, 4.69) is 15.3 Å². The molecule has 0 saturated carbocycles. The van der Waals surface area contributed by atoms with Crippen molar-refractivity contribution in [2.24, 2.45) is 0 Å². The zero-order chi connectivity index (χ0) is 13.2. The molecule has 0 bridgehead atoms. The molecule has 0 aliphatic rings. The fourth-order valence-electron chi connectivity index (χ4n) is 2.03. The molecule has 2 heterocycles. The zero-order valence-electron chi connectivity index (χ0n) is 10.6. The van der Waals surface area contributed by atoms with Crippen LogP contribution in [0.1, 0.15) is 10.6 Å². The second-order valence-corrected chi connectivity index (χ2v) is 5.38. The number of fused-ring (bicyclic) bond motifs is 1. The molecular weight excluding hydrogens is 256 g/mol. The van der Waals surface area contributed by atoms with Gasteiger partial charge in [-0.15, -0.1) is 11.3 Å². The Labute approximate surface area is 115 Å². The fourth-order valence-corrected chi connectivity index (χ4v) is 2.57. The number of nitrogens with zero attached hydrogens (tertiary/aromatic N) is 2. The molecule has 19 heavy (non-hydrogen) atoms. The minimum absolute atomic E-state index is 0.749. The summed E-state index contributed by atoms with van der Waals surface area (Å²) in [5.74, 6) is 0. The van der Waals surface area contributed by atoms with Crippen LogP contribution >= 0.6 is 11.3 Å². The van der Waals surface area contributed by atoms with Crippen molar-refractivity contribution in [1.82, 2.24) is 9.97 Å². The van der Waals surface area contributed by atoms with Gasteiger partial charge in [0.2, 0.25) is 0 Å². The highest BCUT2D eigenvalue weighted by Crippen LogP contribution is 2.26. The number of pyridine rings is 1. The molecule has 3 aromatic rings. The number of benzene rings is 1. The number of aryl methyl sites for hydroxylation is 1. The van der Waals surface area contributed by atoms with Gasteiger partial charge >= 0.3 is 0 Å². The molecule has 3 rings (SSSR count). The molecule has 0 unspecified atom stereocenters. The molecule has 0 fully saturated rings. The van der Waals surface area contributed by atoms with Gasteiger partial charge in [0.25, 0.3) is 0 Å². The van der Waals surface area contributed by atoms with Crippen molar-refractivity contribution in [1.29, 1.82) is 0 Å². The van der Waals surface area contributed by atoms with Crippen molar-refractivity contribution in [2.75, 3.05) is 11.1 Å². The maximum atomic E-state index is 5.86. The lowest BCUT2D eigenvalue weighted by Crippen LogP contribution is -2.00. The SMILES string of the molecule is Cc1cc(NCc2cncs2)c2cc(N)ccc2n1. The van der Waals surface area contributed by atoms with Crippen molar-refractivity contribution in [2.45, 2.75) is 13.5 Å². The first-order valence-corrected chi connectivity index (χ1v) is 6.88. The molecule has 3 N–H and O–H groups in total. The predicted octanol–water partition coefficient (Wildman–Crippen LogP) is 3.19. The number of hydrogen-bond donors (Lipinski definition) is 2. The van der Waals surface area contributed by atoms with Crippen molar-refractivity contribution in [3.63, 3.8) is 0 Å². The lowest BCUT2D eigenvalue weighted by atomic mass is 10.1. The highest BCUT2D eigenvalue weighted by atomic mass is 32.1. The molecule has 0 atom stereocenters. The number of anilines is 2. The summed E-state index contributed by atoms with van der Waals surface area (Å²) in [4.78, 5) is 9.79. The Morgan fingerprint density at radius 2 is 2.21 bits per heavy atom. The minimum atomic E-state index is 0.749. The number of nitrogens with one attached hydrogen (secondary N) is 1. The van der Waals surface area contributed by atoms with Crippen LogP contribution in [0, 0.1) is 6.92 Å². The molecule has 0 amide bonds. The molecule has 2 aromatic heterocycles. The van der Waals surface area contributed by atoms with E-state index in [9.17, 15) is 0 Å². The molecule has 96 valence electrons. The van der Waals surface area contributed by atoms with E-state index in [1.54, 1.807) is 11.3 Å². The van der Waals surface area contributed by atoms with Crippen LogP contribution in [-0.4, -0.2) is 9.97 Å². The van der Waals surface area contributed by atoms with Crippen LogP contribution in [0.15, 0.2) is 36.0 Å². The first kappa shape index (κ1) is 11.9. The molecular formula is C14H14N4S. The third-order valence-electron chi connectivity index (χ3n) is 2.90. The first-order valence-electron chi connectivity index (χ1n) is 6.00. The van der Waals surface area contributed by atoms with Gasteiger partial charge < -0.3 is 11.1 Å². The average molecular weight is 270 g/mol. The lowest BCUT2D eigenvalue weighted by molar-refractivity contribution is 1.16. The predicted molar refractivity (Wildman–Crippen MR) is 80.3 cm³/mol. The summed E-state index contributed by atoms with van der Waals surface area (Å²) in [5, 5.41) is 4.48. The number of aromatic nitrogens is 2. The van der Waals surface area contributed by atoms with E-state index in [0.29, 0.717) is 0 Å². The summed E-state index contributed by atoms with van der Waals surface area (Å²) in [6, 6.07) is 7.83. The van der Waals surface area contributed by atoms with E-state index >= 15 is 0 Å². The van der Waals surface area contributed by atoms with E-state index < -0.39 is 0 Å². The van der Waals surface area contributed by atoms with E-state index in [-0.39, 0.29) is 0 Å². The van der Waals surface area contributed by atoms with Gasteiger partial charge in [-0.3, -0.25) is 9.97 Å². The molecule has 0 radical (unpaired) electrons. The Balaban J connectivity index is 1.99. The smallest absolute Gasteiger partial charge is 0.0794 e. The normalized spacial score (nSPS) is 10.8. The Kier molecular flexibility index (Phi) is 3.05. The van der Waals surface area contributed by atoms with E-state index in [1.165, 1.54) is 4.88 Å². The Bertz CT molecular complexity index is 707. The summed E-state index contributed by atoms with van der Waals surface area (Å²) in [6.07, 6.45) is 1.88. The number of thiazole rings is 1. The molecule has 0 aliphatic heterocycles. The van der Waals surface area contributed by atoms with E-state index in [1.807, 2.05) is 42.9 Å². The largest absolute Gasteiger partial charge is 0.399 e. The third kappa shape index (κ3) is 2.51. The topological polar surface area (TPSA) is 63.8 Å². The highest BCUT2D eigenvalue weighted by molar-refractivity contribution is 7.09. The highest BCUT2D eigenvalue weighted by Gasteiger charge is 2.05. The van der Waals surface area contributed by atoms with E-state index in [4.69, 9.17) is 5.73 Å². The van der Waals surface area contributed by atoms with Crippen LogP contribution in [-0.2, 0) is 6.54 Å². The van der Waals surface area contributed by atoms with Crippen molar-refractivity contribution >= 4 is 33.6 Å². The minimum Gasteiger partial charge on any atom is -0.399 e. The van der Waals surface area contributed by atoms with Crippen LogP contribution < -0.4 is 11.1 Å². The van der Waals surface area contributed by atoms with Gasteiger partial charge in [0.15, 0.2) is 0 Å². The third-order valence-corrected chi connectivity index (χ3v) is 3.68. The van der Waals surface area contributed by atoms with Crippen molar-refractivity contribution in [3.05, 3.63) is 46.5 Å². The van der Waals surface area contributed by atoms with Gasteiger partial charge in [-0.2, -0.15) is 0 Å². The quantitative estimate of drug-likeness (QED) is 0.717. The van der Waals surface area contributed by atoms with Crippen LogP contribution in [0.25, 0.3) is 10.9 Å². The monoisotopic (exact) mass is 270 g/mol. The summed E-state index contributed by atoms with van der Waals surface area (Å²) in [6.45, 7) is 2.76. The standard InChI is InChI=1S/C14H14N4S/c1-9-4-14(17-7-11-6-16-8-19-11)12-5-10(15)2-3-13(12)18-9/h2-6,8H,7,15H2,1H3,(H,17,18). The molecule has 4 nitrogen and oxygen atoms in total. The average Bonchev–Trinajstić information content (AvgIpc) is 2.89. The Morgan fingerprint density at radius 3 is 3.00 bits per heavy atom. The molecule has 0 spiro atoms. The summed E-state index contributed by atoms with van der Waals surface area (Å²) in [7, 11) is 0. The number of nitrogens with two attached hydrogens (primary N) is 1. The summed E-state index contributed by atoms with van der Waals surface area (Å²) >= 11 is 1.64. The first-order chi connectivity index (χ1) is 9.22. The van der Waals surface area contributed by atoms with Gasteiger partial charge in [-0.1, -0.05) is 0 Å². The maximum absolute atomic E-state index is 5.86. The fraction of sp³-hybridized carbons (Fsp3) is 0.143. The van der Waals surface area contributed by atoms with Crippen molar-refractivity contribution < 1.29 is 0 Å². The number of rotatable bonds is 3. The molecule has 5 heteroatoms. The second-order valence-electron chi connectivity index (χ2n) is 4.41. The maximum Gasteiger partial charge on any atom is 0.0794 e. The van der Waals surface area contributed by atoms with Crippen LogP contribution in [0.3, 0.4) is 0 Å². The summed E-state index contributed by atoms with van der Waals surface area (Å²) < 4.78 is 0. The number of hydrogen-bond acceptors (Lipinski definition) is 5. The summed E-state index contributed by atoms with van der Waals surface area (Å²) in [5.41, 5.74) is 11.5. The second kappa shape index (κ2) is 4.85. The zero-order valence-corrected chi connectivity index (χ0v) is 11.4. The van der Waals surface area contributed by atoms with Crippen LogP contribution in [0.4, 0.5) is 11.4 Å². The van der Waals surface area contributed by atoms with E-state index in [0.717, 1.165) is 34.5 Å². The van der Waals surface area contributed by atoms with Gasteiger partial charge in [0.05, 0.1) is 17.6 Å². The van der Waals surface area contributed by atoms with Crippen LogP contribution in [0.5, 0.6) is 0 Å². The van der Waals surface area contributed by atoms with Gasteiger partial charge in [-0.05, 0) is 31.2 Å². The van der Waals surface area contributed by atoms with Crippen LogP contribution in [0.2, 0.25) is 0 Å².